The fourth-order valence-electron chi connectivity index (χ4n) is 2.70. The molecule has 1 aromatic carbocycles. The van der Waals surface area contributed by atoms with Crippen LogP contribution in [-0.4, -0.2) is 30.6 Å². The van der Waals surface area contributed by atoms with Gasteiger partial charge in [0.25, 0.3) is 0 Å². The Labute approximate surface area is 115 Å². The lowest BCUT2D eigenvalue weighted by Crippen LogP contribution is -2.40. The van der Waals surface area contributed by atoms with E-state index in [2.05, 4.69) is 34.1 Å². The topological polar surface area (TPSA) is 29.5 Å². The molecule has 4 heteroatoms. The minimum Gasteiger partial charge on any atom is -0.381 e. The number of amides is 1. The molecule has 0 saturated carbocycles. The number of carbonyl (C=O) groups excluding carboxylic acids is 1. The van der Waals surface area contributed by atoms with Gasteiger partial charge in [0.1, 0.15) is 0 Å². The van der Waals surface area contributed by atoms with Crippen LogP contribution in [0.1, 0.15) is 17.5 Å². The Balaban J connectivity index is 1.75. The van der Waals surface area contributed by atoms with Crippen molar-refractivity contribution in [3.63, 3.8) is 0 Å². The van der Waals surface area contributed by atoms with Crippen molar-refractivity contribution in [2.24, 2.45) is 5.92 Å². The van der Waals surface area contributed by atoms with E-state index < -0.39 is 0 Å². The third kappa shape index (κ3) is 2.31. The third-order valence-corrected chi connectivity index (χ3v) is 4.26. The Hall–Kier alpha value is -0.870. The van der Waals surface area contributed by atoms with Crippen LogP contribution in [0, 0.1) is 5.92 Å². The molecule has 0 N–H and O–H groups in total. The minimum atomic E-state index is 0.0821. The van der Waals surface area contributed by atoms with Gasteiger partial charge in [-0.15, -0.1) is 0 Å². The van der Waals surface area contributed by atoms with Gasteiger partial charge < -0.3 is 9.64 Å². The zero-order valence-corrected chi connectivity index (χ0v) is 11.8. The predicted molar refractivity (Wildman–Crippen MR) is 72.2 cm³/mol. The smallest absolute Gasteiger partial charge is 0.228 e. The van der Waals surface area contributed by atoms with Gasteiger partial charge in [0.2, 0.25) is 5.91 Å². The molecule has 0 spiro atoms. The summed E-state index contributed by atoms with van der Waals surface area (Å²) in [6.45, 7) is 2.90. The maximum absolute atomic E-state index is 12.3. The second-order valence-electron chi connectivity index (χ2n) is 4.98. The first-order chi connectivity index (χ1) is 8.74. The van der Waals surface area contributed by atoms with E-state index in [-0.39, 0.29) is 11.8 Å². The quantitative estimate of drug-likeness (QED) is 0.797. The highest BCUT2D eigenvalue weighted by Crippen LogP contribution is 2.25. The molecule has 1 aromatic rings. The first kappa shape index (κ1) is 12.2. The van der Waals surface area contributed by atoms with Crippen LogP contribution < -0.4 is 0 Å². The van der Waals surface area contributed by atoms with Gasteiger partial charge in [-0.2, -0.15) is 0 Å². The highest BCUT2D eigenvalue weighted by Gasteiger charge is 2.29. The van der Waals surface area contributed by atoms with Gasteiger partial charge in [0.05, 0.1) is 12.5 Å². The normalized spacial score (nSPS) is 22.9. The number of carbonyl (C=O) groups is 1. The van der Waals surface area contributed by atoms with Crippen LogP contribution in [-0.2, 0) is 22.5 Å². The maximum Gasteiger partial charge on any atom is 0.228 e. The van der Waals surface area contributed by atoms with Gasteiger partial charge in [-0.05, 0) is 36.1 Å². The van der Waals surface area contributed by atoms with Gasteiger partial charge in [-0.3, -0.25) is 4.79 Å². The van der Waals surface area contributed by atoms with E-state index in [0.717, 1.165) is 37.0 Å². The van der Waals surface area contributed by atoms with Gasteiger partial charge in [0.15, 0.2) is 0 Å². The summed E-state index contributed by atoms with van der Waals surface area (Å²) in [5.74, 6) is 0.344. The van der Waals surface area contributed by atoms with Gasteiger partial charge >= 0.3 is 0 Å². The molecule has 2 aliphatic rings. The van der Waals surface area contributed by atoms with Crippen LogP contribution in [0.25, 0.3) is 0 Å². The highest BCUT2D eigenvalue weighted by atomic mass is 79.9. The summed E-state index contributed by atoms with van der Waals surface area (Å²) in [5, 5.41) is 0. The summed E-state index contributed by atoms with van der Waals surface area (Å²) in [6.07, 6.45) is 1.84. The number of rotatable bonds is 1. The molecule has 1 fully saturated rings. The fraction of sp³-hybridized carbons (Fsp3) is 0.500. The molecule has 1 amide bonds. The maximum atomic E-state index is 12.3. The molecular formula is C14H16BrNO2. The molecule has 0 aliphatic carbocycles. The van der Waals surface area contributed by atoms with Crippen LogP contribution >= 0.6 is 15.9 Å². The van der Waals surface area contributed by atoms with Gasteiger partial charge in [0, 0.05) is 24.2 Å². The summed E-state index contributed by atoms with van der Waals surface area (Å²) in [7, 11) is 0. The first-order valence-corrected chi connectivity index (χ1v) is 7.17. The molecule has 0 radical (unpaired) electrons. The lowest BCUT2D eigenvalue weighted by molar-refractivity contribution is -0.136. The Morgan fingerprint density at radius 2 is 2.28 bits per heavy atom. The Morgan fingerprint density at radius 1 is 1.39 bits per heavy atom. The second kappa shape index (κ2) is 5.02. The average molecular weight is 310 g/mol. The molecule has 0 aromatic heterocycles. The molecule has 96 valence electrons. The molecular weight excluding hydrogens is 294 g/mol. The Bertz CT molecular complexity index is 469. The van der Waals surface area contributed by atoms with E-state index in [4.69, 9.17) is 4.74 Å². The summed E-state index contributed by atoms with van der Waals surface area (Å²) in [4.78, 5) is 14.3. The summed E-state index contributed by atoms with van der Waals surface area (Å²) in [5.41, 5.74) is 2.63. The van der Waals surface area contributed by atoms with Crippen molar-refractivity contribution >= 4 is 21.8 Å². The molecule has 2 heterocycles. The van der Waals surface area contributed by atoms with Crippen molar-refractivity contribution < 1.29 is 9.53 Å². The van der Waals surface area contributed by atoms with Gasteiger partial charge in [-0.25, -0.2) is 0 Å². The molecule has 2 aliphatic heterocycles. The van der Waals surface area contributed by atoms with E-state index in [9.17, 15) is 4.79 Å². The number of fused-ring (bicyclic) bond motifs is 1. The number of hydrogen-bond donors (Lipinski definition) is 0. The number of nitrogens with zero attached hydrogens (tertiary/aromatic N) is 1. The molecule has 1 saturated heterocycles. The van der Waals surface area contributed by atoms with Crippen LogP contribution in [0.4, 0.5) is 0 Å². The lowest BCUT2D eigenvalue weighted by atomic mass is 9.98. The molecule has 0 bridgehead atoms. The number of halogens is 1. The molecule has 3 nitrogen and oxygen atoms in total. The van der Waals surface area contributed by atoms with Crippen LogP contribution in [0.15, 0.2) is 22.7 Å². The SMILES string of the molecule is O=C([C@@H]1CCOC1)N1CCc2ccc(Br)cc2C1. The number of benzene rings is 1. The molecule has 1 atom stereocenters. The van der Waals surface area contributed by atoms with Gasteiger partial charge in [-0.1, -0.05) is 22.0 Å². The summed E-state index contributed by atoms with van der Waals surface area (Å²) < 4.78 is 6.39. The number of ether oxygens (including phenoxy) is 1. The zero-order valence-electron chi connectivity index (χ0n) is 10.2. The summed E-state index contributed by atoms with van der Waals surface area (Å²) in [6, 6.07) is 6.35. The van der Waals surface area contributed by atoms with Crippen LogP contribution in [0.5, 0.6) is 0 Å². The van der Waals surface area contributed by atoms with E-state index in [1.807, 2.05) is 4.90 Å². The first-order valence-electron chi connectivity index (χ1n) is 6.38. The average Bonchev–Trinajstić information content (AvgIpc) is 2.90. The van der Waals surface area contributed by atoms with E-state index in [1.54, 1.807) is 0 Å². The number of hydrogen-bond acceptors (Lipinski definition) is 2. The van der Waals surface area contributed by atoms with Crippen molar-refractivity contribution in [1.82, 2.24) is 4.90 Å². The van der Waals surface area contributed by atoms with E-state index >= 15 is 0 Å². The predicted octanol–water partition coefficient (Wildman–Crippen LogP) is 2.37. The van der Waals surface area contributed by atoms with Crippen molar-refractivity contribution in [2.75, 3.05) is 19.8 Å². The molecule has 18 heavy (non-hydrogen) atoms. The van der Waals surface area contributed by atoms with Crippen LogP contribution in [0.3, 0.4) is 0 Å². The second-order valence-corrected chi connectivity index (χ2v) is 5.90. The van der Waals surface area contributed by atoms with Crippen molar-refractivity contribution in [2.45, 2.75) is 19.4 Å². The van der Waals surface area contributed by atoms with Crippen molar-refractivity contribution in [1.29, 1.82) is 0 Å². The fourth-order valence-corrected chi connectivity index (χ4v) is 3.11. The standard InChI is InChI=1S/C14H16BrNO2/c15-13-2-1-10-3-5-16(8-12(10)7-13)14(17)11-4-6-18-9-11/h1-2,7,11H,3-6,8-9H2/t11-/m1/s1. The highest BCUT2D eigenvalue weighted by molar-refractivity contribution is 9.10. The monoisotopic (exact) mass is 309 g/mol. The summed E-state index contributed by atoms with van der Waals surface area (Å²) >= 11 is 3.49. The minimum absolute atomic E-state index is 0.0821. The third-order valence-electron chi connectivity index (χ3n) is 3.77. The lowest BCUT2D eigenvalue weighted by Gasteiger charge is -2.30. The van der Waals surface area contributed by atoms with Crippen molar-refractivity contribution in [3.05, 3.63) is 33.8 Å². The molecule has 0 unspecified atom stereocenters. The Kier molecular flexibility index (Phi) is 3.39. The Morgan fingerprint density at radius 3 is 3.06 bits per heavy atom. The van der Waals surface area contributed by atoms with E-state index in [0.29, 0.717) is 6.61 Å². The molecule has 3 rings (SSSR count). The zero-order chi connectivity index (χ0) is 12.5. The largest absolute Gasteiger partial charge is 0.381 e. The van der Waals surface area contributed by atoms with Crippen molar-refractivity contribution in [3.8, 4) is 0 Å². The van der Waals surface area contributed by atoms with Crippen LogP contribution in [0.2, 0.25) is 0 Å². The van der Waals surface area contributed by atoms with E-state index in [1.165, 1.54) is 11.1 Å².